The topological polar surface area (TPSA) is 86.5 Å². The first-order chi connectivity index (χ1) is 7.12. The summed E-state index contributed by atoms with van der Waals surface area (Å²) in [7, 11) is -1.81. The van der Waals surface area contributed by atoms with Crippen molar-refractivity contribution in [3.05, 3.63) is 0 Å². The molecule has 96 valence electrons. The van der Waals surface area contributed by atoms with E-state index in [1.54, 1.807) is 20.8 Å². The van der Waals surface area contributed by atoms with Crippen LogP contribution in [0.25, 0.3) is 0 Å². The summed E-state index contributed by atoms with van der Waals surface area (Å²) in [5, 5.41) is 0. The first-order valence-corrected chi connectivity index (χ1v) is 6.76. The van der Waals surface area contributed by atoms with E-state index in [4.69, 9.17) is 10.5 Å². The number of rotatable bonds is 6. The van der Waals surface area contributed by atoms with Gasteiger partial charge < -0.3 is 10.5 Å². The van der Waals surface area contributed by atoms with Gasteiger partial charge in [-0.25, -0.2) is 8.42 Å². The molecule has 0 saturated heterocycles. The van der Waals surface area contributed by atoms with E-state index in [0.717, 1.165) is 0 Å². The highest BCUT2D eigenvalue weighted by Crippen LogP contribution is 2.16. The molecule has 0 radical (unpaired) electrons. The van der Waals surface area contributed by atoms with E-state index in [-0.39, 0.29) is 24.6 Å². The minimum Gasteiger partial charge on any atom is -0.383 e. The highest BCUT2D eigenvalue weighted by atomic mass is 32.2. The quantitative estimate of drug-likeness (QED) is 0.725. The zero-order chi connectivity index (χ0) is 13.0. The Balaban J connectivity index is 4.32. The van der Waals surface area contributed by atoms with Gasteiger partial charge in [0.25, 0.3) is 0 Å². The standard InChI is InChI=1S/C10H21NO4S/c1-10(2,3)16(13,14)6-5-9(12)8(11)7-15-4/h8H,5-7,11H2,1-4H3. The molecule has 0 bridgehead atoms. The van der Waals surface area contributed by atoms with Crippen LogP contribution in [0.1, 0.15) is 27.2 Å². The van der Waals surface area contributed by atoms with Crippen molar-refractivity contribution in [2.24, 2.45) is 5.73 Å². The number of ketones is 1. The molecule has 0 aliphatic carbocycles. The predicted molar refractivity (Wildman–Crippen MR) is 63.0 cm³/mol. The average Bonchev–Trinajstić information content (AvgIpc) is 2.12. The molecule has 0 amide bonds. The van der Waals surface area contributed by atoms with Gasteiger partial charge in [0.05, 0.1) is 23.1 Å². The van der Waals surface area contributed by atoms with Crippen molar-refractivity contribution in [2.45, 2.75) is 38.0 Å². The normalized spacial score (nSPS) is 14.8. The Morgan fingerprint density at radius 2 is 1.88 bits per heavy atom. The van der Waals surface area contributed by atoms with Crippen LogP contribution in [-0.2, 0) is 19.4 Å². The zero-order valence-electron chi connectivity index (χ0n) is 10.3. The lowest BCUT2D eigenvalue weighted by Gasteiger charge is -2.19. The summed E-state index contributed by atoms with van der Waals surface area (Å²) in [5.41, 5.74) is 5.50. The molecule has 0 saturated carbocycles. The number of hydrogen-bond acceptors (Lipinski definition) is 5. The molecule has 0 fully saturated rings. The van der Waals surface area contributed by atoms with Crippen molar-refractivity contribution < 1.29 is 17.9 Å². The second kappa shape index (κ2) is 5.75. The number of carbonyl (C=O) groups is 1. The van der Waals surface area contributed by atoms with Gasteiger partial charge in [-0.15, -0.1) is 0 Å². The minimum atomic E-state index is -3.26. The third kappa shape index (κ3) is 4.59. The van der Waals surface area contributed by atoms with Crippen molar-refractivity contribution >= 4 is 15.6 Å². The lowest BCUT2D eigenvalue weighted by molar-refractivity contribution is -0.121. The van der Waals surface area contributed by atoms with Crippen molar-refractivity contribution in [3.63, 3.8) is 0 Å². The van der Waals surface area contributed by atoms with E-state index in [2.05, 4.69) is 0 Å². The maximum Gasteiger partial charge on any atom is 0.155 e. The van der Waals surface area contributed by atoms with Crippen LogP contribution in [0.4, 0.5) is 0 Å². The molecule has 0 aromatic heterocycles. The number of Topliss-reactive ketones (excluding diaryl/α,β-unsaturated/α-hetero) is 1. The fourth-order valence-electron chi connectivity index (χ4n) is 0.999. The van der Waals surface area contributed by atoms with Gasteiger partial charge in [-0.3, -0.25) is 4.79 Å². The maximum absolute atomic E-state index is 11.7. The summed E-state index contributed by atoms with van der Waals surface area (Å²) >= 11 is 0. The van der Waals surface area contributed by atoms with Gasteiger partial charge in [-0.2, -0.15) is 0 Å². The van der Waals surface area contributed by atoms with Crippen molar-refractivity contribution in [3.8, 4) is 0 Å². The Bertz CT molecular complexity index is 329. The third-order valence-electron chi connectivity index (χ3n) is 2.31. The number of sulfone groups is 1. The Hall–Kier alpha value is -0.460. The van der Waals surface area contributed by atoms with Gasteiger partial charge in [-0.1, -0.05) is 0 Å². The van der Waals surface area contributed by atoms with E-state index in [1.807, 2.05) is 0 Å². The monoisotopic (exact) mass is 251 g/mol. The van der Waals surface area contributed by atoms with Gasteiger partial charge in [-0.05, 0) is 20.8 Å². The van der Waals surface area contributed by atoms with Gasteiger partial charge in [0.1, 0.15) is 0 Å². The van der Waals surface area contributed by atoms with Crippen LogP contribution in [0.2, 0.25) is 0 Å². The molecular formula is C10H21NO4S. The summed E-state index contributed by atoms with van der Waals surface area (Å²) < 4.78 is 27.3. The zero-order valence-corrected chi connectivity index (χ0v) is 11.1. The van der Waals surface area contributed by atoms with Gasteiger partial charge in [0, 0.05) is 13.5 Å². The maximum atomic E-state index is 11.7. The van der Waals surface area contributed by atoms with Crippen LogP contribution in [0.3, 0.4) is 0 Å². The third-order valence-corrected chi connectivity index (χ3v) is 4.92. The molecule has 2 N–H and O–H groups in total. The number of hydrogen-bond donors (Lipinski definition) is 1. The van der Waals surface area contributed by atoms with E-state index in [9.17, 15) is 13.2 Å². The highest BCUT2D eigenvalue weighted by Gasteiger charge is 2.29. The smallest absolute Gasteiger partial charge is 0.155 e. The molecule has 6 heteroatoms. The summed E-state index contributed by atoms with van der Waals surface area (Å²) in [6.45, 7) is 4.96. The Labute approximate surface area is 97.3 Å². The van der Waals surface area contributed by atoms with Crippen molar-refractivity contribution in [2.75, 3.05) is 19.5 Å². The lowest BCUT2D eigenvalue weighted by atomic mass is 10.2. The van der Waals surface area contributed by atoms with Crippen LogP contribution in [0.15, 0.2) is 0 Å². The molecule has 1 atom stereocenters. The molecular weight excluding hydrogens is 230 g/mol. The molecule has 0 heterocycles. The SMILES string of the molecule is COCC(N)C(=O)CCS(=O)(=O)C(C)(C)C. The fourth-order valence-corrected chi connectivity index (χ4v) is 2.08. The van der Waals surface area contributed by atoms with Gasteiger partial charge in [0.15, 0.2) is 15.6 Å². The second-order valence-electron chi connectivity index (χ2n) is 4.71. The van der Waals surface area contributed by atoms with Crippen LogP contribution in [-0.4, -0.2) is 44.5 Å². The number of carbonyl (C=O) groups excluding carboxylic acids is 1. The first kappa shape index (κ1) is 15.5. The van der Waals surface area contributed by atoms with Gasteiger partial charge >= 0.3 is 0 Å². The Morgan fingerprint density at radius 3 is 2.25 bits per heavy atom. The molecule has 0 aliphatic heterocycles. The van der Waals surface area contributed by atoms with Crippen molar-refractivity contribution in [1.82, 2.24) is 0 Å². The molecule has 0 aromatic carbocycles. The minimum absolute atomic E-state index is 0.0515. The van der Waals surface area contributed by atoms with E-state index >= 15 is 0 Å². The van der Waals surface area contributed by atoms with Crippen LogP contribution in [0, 0.1) is 0 Å². The summed E-state index contributed by atoms with van der Waals surface area (Å²) in [6.07, 6.45) is -0.0515. The molecule has 16 heavy (non-hydrogen) atoms. The van der Waals surface area contributed by atoms with Gasteiger partial charge in [0.2, 0.25) is 0 Å². The molecule has 1 unspecified atom stereocenters. The predicted octanol–water partition coefficient (Wildman–Crippen LogP) is 0.133. The number of ether oxygens (including phenoxy) is 1. The second-order valence-corrected chi connectivity index (χ2v) is 7.57. The number of nitrogens with two attached hydrogens (primary N) is 1. The largest absolute Gasteiger partial charge is 0.383 e. The first-order valence-electron chi connectivity index (χ1n) is 5.11. The van der Waals surface area contributed by atoms with E-state index in [1.165, 1.54) is 7.11 Å². The summed E-state index contributed by atoms with van der Waals surface area (Å²) in [5.74, 6) is -0.443. The molecule has 0 aromatic rings. The molecule has 0 spiro atoms. The van der Waals surface area contributed by atoms with E-state index < -0.39 is 20.6 Å². The Morgan fingerprint density at radius 1 is 1.38 bits per heavy atom. The van der Waals surface area contributed by atoms with Crippen molar-refractivity contribution in [1.29, 1.82) is 0 Å². The van der Waals surface area contributed by atoms with Crippen LogP contribution < -0.4 is 5.73 Å². The lowest BCUT2D eigenvalue weighted by Crippen LogP contribution is -2.37. The van der Waals surface area contributed by atoms with E-state index in [0.29, 0.717) is 0 Å². The summed E-state index contributed by atoms with van der Waals surface area (Å²) in [4.78, 5) is 11.4. The molecule has 0 aliphatic rings. The number of methoxy groups -OCH3 is 1. The highest BCUT2D eigenvalue weighted by molar-refractivity contribution is 7.92. The van der Waals surface area contributed by atoms with Crippen LogP contribution in [0.5, 0.6) is 0 Å². The molecule has 5 nitrogen and oxygen atoms in total. The summed E-state index contributed by atoms with van der Waals surface area (Å²) in [6, 6.07) is -0.736. The fraction of sp³-hybridized carbons (Fsp3) is 0.900. The average molecular weight is 251 g/mol. The Kier molecular flexibility index (Phi) is 5.58. The van der Waals surface area contributed by atoms with Crippen LogP contribution >= 0.6 is 0 Å². The molecule has 0 rings (SSSR count).